The van der Waals surface area contributed by atoms with E-state index in [2.05, 4.69) is 0 Å². The second-order valence-corrected chi connectivity index (χ2v) is 3.96. The standard InChI is InChI=1S/C9H15NO2/c1-12-9(11)7-5-2-3-6(4-5)8(7)10/h5-8H,2-4,10H2,1H3/t5-,6+,7-,8?/m0/s1. The van der Waals surface area contributed by atoms with Crippen molar-refractivity contribution < 1.29 is 9.53 Å². The Bertz CT molecular complexity index is 203. The molecule has 4 atom stereocenters. The largest absolute Gasteiger partial charge is 0.469 e. The highest BCUT2D eigenvalue weighted by atomic mass is 16.5. The highest BCUT2D eigenvalue weighted by Gasteiger charge is 2.49. The van der Waals surface area contributed by atoms with E-state index in [1.54, 1.807) is 0 Å². The first-order chi connectivity index (χ1) is 5.74. The molecule has 0 saturated heterocycles. The van der Waals surface area contributed by atoms with E-state index in [0.717, 1.165) is 12.8 Å². The van der Waals surface area contributed by atoms with E-state index in [1.165, 1.54) is 13.5 Å². The number of carbonyl (C=O) groups is 1. The lowest BCUT2D eigenvalue weighted by atomic mass is 9.85. The maximum Gasteiger partial charge on any atom is 0.310 e. The predicted molar refractivity (Wildman–Crippen MR) is 44.3 cm³/mol. The first-order valence-corrected chi connectivity index (χ1v) is 4.57. The van der Waals surface area contributed by atoms with Crippen molar-refractivity contribution in [3.8, 4) is 0 Å². The van der Waals surface area contributed by atoms with Gasteiger partial charge in [-0.25, -0.2) is 0 Å². The van der Waals surface area contributed by atoms with Gasteiger partial charge in [0.05, 0.1) is 13.0 Å². The van der Waals surface area contributed by atoms with Crippen molar-refractivity contribution >= 4 is 5.97 Å². The molecule has 12 heavy (non-hydrogen) atoms. The summed E-state index contributed by atoms with van der Waals surface area (Å²) in [6, 6.07) is 0.0659. The fourth-order valence-electron chi connectivity index (χ4n) is 2.82. The lowest BCUT2D eigenvalue weighted by molar-refractivity contribution is -0.147. The normalized spacial score (nSPS) is 44.8. The molecule has 0 aliphatic heterocycles. The molecule has 2 saturated carbocycles. The number of rotatable bonds is 1. The van der Waals surface area contributed by atoms with Crippen molar-refractivity contribution in [2.24, 2.45) is 23.5 Å². The Balaban J connectivity index is 2.12. The molecule has 0 radical (unpaired) electrons. The number of nitrogens with two attached hydrogens (primary N) is 1. The Morgan fingerprint density at radius 2 is 2.08 bits per heavy atom. The lowest BCUT2D eigenvalue weighted by Gasteiger charge is -2.25. The quantitative estimate of drug-likeness (QED) is 0.583. The smallest absolute Gasteiger partial charge is 0.310 e. The average molecular weight is 169 g/mol. The molecule has 2 fully saturated rings. The van der Waals surface area contributed by atoms with Gasteiger partial charge in [-0.05, 0) is 31.1 Å². The van der Waals surface area contributed by atoms with Gasteiger partial charge in [-0.3, -0.25) is 4.79 Å². The molecule has 3 heteroatoms. The highest BCUT2D eigenvalue weighted by Crippen LogP contribution is 2.47. The van der Waals surface area contributed by atoms with Crippen LogP contribution in [0.15, 0.2) is 0 Å². The second kappa shape index (κ2) is 2.73. The molecular weight excluding hydrogens is 154 g/mol. The van der Waals surface area contributed by atoms with E-state index in [1.807, 2.05) is 0 Å². The zero-order valence-corrected chi connectivity index (χ0v) is 7.32. The summed E-state index contributed by atoms with van der Waals surface area (Å²) in [6.45, 7) is 0. The minimum absolute atomic E-state index is 0.00579. The zero-order valence-electron chi connectivity index (χ0n) is 7.32. The van der Waals surface area contributed by atoms with Gasteiger partial charge in [0.1, 0.15) is 0 Å². The summed E-state index contributed by atoms with van der Waals surface area (Å²) < 4.78 is 4.74. The number of fused-ring (bicyclic) bond motifs is 2. The Morgan fingerprint density at radius 3 is 2.58 bits per heavy atom. The van der Waals surface area contributed by atoms with Gasteiger partial charge < -0.3 is 10.5 Å². The van der Waals surface area contributed by atoms with Crippen LogP contribution in [0.2, 0.25) is 0 Å². The molecule has 0 aromatic carbocycles. The van der Waals surface area contributed by atoms with Crippen molar-refractivity contribution in [2.75, 3.05) is 7.11 Å². The van der Waals surface area contributed by atoms with Crippen LogP contribution in [0.1, 0.15) is 19.3 Å². The van der Waals surface area contributed by atoms with Crippen LogP contribution in [0, 0.1) is 17.8 Å². The minimum atomic E-state index is -0.102. The van der Waals surface area contributed by atoms with E-state index in [4.69, 9.17) is 10.5 Å². The predicted octanol–water partition coefficient (Wildman–Crippen LogP) is 0.533. The highest BCUT2D eigenvalue weighted by molar-refractivity contribution is 5.74. The van der Waals surface area contributed by atoms with E-state index >= 15 is 0 Å². The minimum Gasteiger partial charge on any atom is -0.469 e. The van der Waals surface area contributed by atoms with E-state index < -0.39 is 0 Å². The Labute approximate surface area is 72.3 Å². The Hall–Kier alpha value is -0.570. The second-order valence-electron chi connectivity index (χ2n) is 3.96. The van der Waals surface area contributed by atoms with Crippen LogP contribution < -0.4 is 5.73 Å². The third-order valence-corrected chi connectivity index (χ3v) is 3.45. The lowest BCUT2D eigenvalue weighted by Crippen LogP contribution is -2.40. The SMILES string of the molecule is COC(=O)[C@@H]1C(N)[C@@H]2CC[C@H]1C2. The van der Waals surface area contributed by atoms with Crippen LogP contribution in [-0.4, -0.2) is 19.1 Å². The summed E-state index contributed by atoms with van der Waals surface area (Å²) in [5, 5.41) is 0. The number of hydrogen-bond donors (Lipinski definition) is 1. The Kier molecular flexibility index (Phi) is 1.83. The molecule has 2 rings (SSSR count). The van der Waals surface area contributed by atoms with Gasteiger partial charge in [0.2, 0.25) is 0 Å². The van der Waals surface area contributed by atoms with Crippen LogP contribution in [0.3, 0.4) is 0 Å². The fraction of sp³-hybridized carbons (Fsp3) is 0.889. The molecule has 0 aromatic rings. The third-order valence-electron chi connectivity index (χ3n) is 3.45. The number of esters is 1. The van der Waals surface area contributed by atoms with Crippen molar-refractivity contribution in [3.63, 3.8) is 0 Å². The average Bonchev–Trinajstić information content (AvgIpc) is 2.63. The molecule has 0 amide bonds. The van der Waals surface area contributed by atoms with Crippen molar-refractivity contribution in [1.29, 1.82) is 0 Å². The van der Waals surface area contributed by atoms with E-state index in [9.17, 15) is 4.79 Å². The number of methoxy groups -OCH3 is 1. The van der Waals surface area contributed by atoms with E-state index in [-0.39, 0.29) is 17.9 Å². The number of ether oxygens (including phenoxy) is 1. The van der Waals surface area contributed by atoms with Crippen LogP contribution in [0.5, 0.6) is 0 Å². The monoisotopic (exact) mass is 169 g/mol. The number of carbonyl (C=O) groups excluding carboxylic acids is 1. The van der Waals surface area contributed by atoms with Gasteiger partial charge in [0.15, 0.2) is 0 Å². The van der Waals surface area contributed by atoms with Gasteiger partial charge in [0.25, 0.3) is 0 Å². The third kappa shape index (κ3) is 0.959. The molecule has 2 N–H and O–H groups in total. The summed E-state index contributed by atoms with van der Waals surface area (Å²) in [4.78, 5) is 11.3. The molecule has 2 aliphatic carbocycles. The van der Waals surface area contributed by atoms with Gasteiger partial charge in [0, 0.05) is 6.04 Å². The molecule has 0 heterocycles. The van der Waals surface area contributed by atoms with Gasteiger partial charge >= 0.3 is 5.97 Å². The topological polar surface area (TPSA) is 52.3 Å². The zero-order chi connectivity index (χ0) is 8.72. The van der Waals surface area contributed by atoms with Crippen molar-refractivity contribution in [1.82, 2.24) is 0 Å². The summed E-state index contributed by atoms with van der Waals surface area (Å²) in [5.74, 6) is 0.986. The maximum atomic E-state index is 11.3. The fourth-order valence-corrected chi connectivity index (χ4v) is 2.82. The summed E-state index contributed by atoms with van der Waals surface area (Å²) in [7, 11) is 1.45. The van der Waals surface area contributed by atoms with E-state index in [0.29, 0.717) is 11.8 Å². The Morgan fingerprint density at radius 1 is 1.42 bits per heavy atom. The maximum absolute atomic E-state index is 11.3. The molecule has 1 unspecified atom stereocenters. The van der Waals surface area contributed by atoms with Gasteiger partial charge in [-0.15, -0.1) is 0 Å². The summed E-state index contributed by atoms with van der Waals surface area (Å²) in [5.41, 5.74) is 5.94. The van der Waals surface area contributed by atoms with Gasteiger partial charge in [-0.2, -0.15) is 0 Å². The first-order valence-electron chi connectivity index (χ1n) is 4.57. The molecule has 2 aliphatic rings. The van der Waals surface area contributed by atoms with Gasteiger partial charge in [-0.1, -0.05) is 0 Å². The molecule has 0 aromatic heterocycles. The number of hydrogen-bond acceptors (Lipinski definition) is 3. The van der Waals surface area contributed by atoms with Crippen LogP contribution >= 0.6 is 0 Å². The van der Waals surface area contributed by atoms with Crippen molar-refractivity contribution in [2.45, 2.75) is 25.3 Å². The molecule has 2 bridgehead atoms. The van der Waals surface area contributed by atoms with Crippen LogP contribution in [-0.2, 0) is 9.53 Å². The molecule has 68 valence electrons. The summed E-state index contributed by atoms with van der Waals surface area (Å²) >= 11 is 0. The van der Waals surface area contributed by atoms with Crippen LogP contribution in [0.25, 0.3) is 0 Å². The summed E-state index contributed by atoms with van der Waals surface area (Å²) in [6.07, 6.45) is 3.51. The molecule has 0 spiro atoms. The first kappa shape index (κ1) is 8.05. The molecular formula is C9H15NO2. The molecule has 3 nitrogen and oxygen atoms in total. The van der Waals surface area contributed by atoms with Crippen LogP contribution in [0.4, 0.5) is 0 Å². The van der Waals surface area contributed by atoms with Crippen molar-refractivity contribution in [3.05, 3.63) is 0 Å².